The lowest BCUT2D eigenvalue weighted by Gasteiger charge is -2.44. The number of aromatic amines is 1. The Hall–Kier alpha value is -3.48. The Bertz CT molecular complexity index is 1270. The molecule has 2 aromatic rings. The number of nitriles is 1. The predicted molar refractivity (Wildman–Crippen MR) is 130 cm³/mol. The van der Waals surface area contributed by atoms with Crippen molar-refractivity contribution in [3.63, 3.8) is 0 Å². The number of likely N-dealkylation sites (tertiary alicyclic amines) is 1. The molecule has 2 heterocycles. The maximum atomic E-state index is 13.9. The molecule has 2 saturated carbocycles. The summed E-state index contributed by atoms with van der Waals surface area (Å²) in [5, 5.41) is 13.1. The standard InChI is InChI=1S/C27H30F2N4O4/c1-37-23-8-4-6-19-18(23)10-20(32-19)25(36)33-15-26(13-27(28,29)14-26)11-21(33)24(35)31-17(12-30)9-16-5-2-3-7-22(16)34/h4,6,8,10,16-17,21,32H,2-3,5,7,9,11,13-15H2,1H3,(H,31,35)/t16-,17-,21?/m0/s1. The maximum Gasteiger partial charge on any atom is 0.271 e. The number of halogens is 2. The molecule has 3 atom stereocenters. The van der Waals surface area contributed by atoms with E-state index in [0.29, 0.717) is 29.5 Å². The van der Waals surface area contributed by atoms with Crippen LogP contribution in [-0.4, -0.2) is 59.1 Å². The van der Waals surface area contributed by atoms with E-state index in [0.717, 1.165) is 12.8 Å². The van der Waals surface area contributed by atoms with Crippen LogP contribution in [0.3, 0.4) is 0 Å². The minimum absolute atomic E-state index is 0.0321. The first-order chi connectivity index (χ1) is 17.6. The van der Waals surface area contributed by atoms with Crippen molar-refractivity contribution in [1.82, 2.24) is 15.2 Å². The lowest BCUT2D eigenvalue weighted by atomic mass is 9.65. The minimum Gasteiger partial charge on any atom is -0.496 e. The fourth-order valence-electron chi connectivity index (χ4n) is 6.38. The number of alkyl halides is 2. The van der Waals surface area contributed by atoms with E-state index in [9.17, 15) is 28.4 Å². The first kappa shape index (κ1) is 25.2. The van der Waals surface area contributed by atoms with Gasteiger partial charge in [-0.2, -0.15) is 5.26 Å². The largest absolute Gasteiger partial charge is 0.496 e. The van der Waals surface area contributed by atoms with E-state index in [2.05, 4.69) is 16.4 Å². The Morgan fingerprint density at radius 2 is 2.11 bits per heavy atom. The molecule has 3 fully saturated rings. The van der Waals surface area contributed by atoms with Crippen molar-refractivity contribution in [3.8, 4) is 11.8 Å². The molecule has 196 valence electrons. The lowest BCUT2D eigenvalue weighted by molar-refractivity contribution is -0.155. The SMILES string of the molecule is COc1cccc2[nH]c(C(=O)N3CC4(CC3C(=O)N[C@H](C#N)C[C@@H]3CCCCC3=O)CC(F)(F)C4)cc12. The van der Waals surface area contributed by atoms with Crippen molar-refractivity contribution in [3.05, 3.63) is 30.0 Å². The number of rotatable bonds is 6. The lowest BCUT2D eigenvalue weighted by Crippen LogP contribution is -2.49. The molecule has 37 heavy (non-hydrogen) atoms. The molecule has 1 saturated heterocycles. The van der Waals surface area contributed by atoms with E-state index in [4.69, 9.17) is 4.74 Å². The van der Waals surface area contributed by atoms with E-state index in [1.807, 2.05) is 0 Å². The summed E-state index contributed by atoms with van der Waals surface area (Å²) >= 11 is 0. The number of aromatic nitrogens is 1. The molecule has 3 aliphatic rings. The Balaban J connectivity index is 1.37. The number of amides is 2. The van der Waals surface area contributed by atoms with Crippen LogP contribution in [-0.2, 0) is 9.59 Å². The predicted octanol–water partition coefficient (Wildman–Crippen LogP) is 3.96. The number of Topliss-reactive ketones (excluding diaryl/α,β-unsaturated/α-hetero) is 1. The highest BCUT2D eigenvalue weighted by Gasteiger charge is 2.62. The zero-order chi connectivity index (χ0) is 26.4. The molecule has 2 amide bonds. The van der Waals surface area contributed by atoms with E-state index < -0.39 is 35.2 Å². The molecule has 1 spiro atoms. The van der Waals surface area contributed by atoms with E-state index in [1.165, 1.54) is 12.0 Å². The minimum atomic E-state index is -2.81. The van der Waals surface area contributed by atoms with Gasteiger partial charge in [0, 0.05) is 48.0 Å². The third-order valence-electron chi connectivity index (χ3n) is 8.09. The first-order valence-electron chi connectivity index (χ1n) is 12.7. The first-order valence-corrected chi connectivity index (χ1v) is 12.7. The Morgan fingerprint density at radius 1 is 1.32 bits per heavy atom. The number of carbonyl (C=O) groups is 3. The number of hydrogen-bond acceptors (Lipinski definition) is 5. The number of nitrogens with one attached hydrogen (secondary N) is 2. The van der Waals surface area contributed by atoms with Gasteiger partial charge in [0.2, 0.25) is 11.8 Å². The summed E-state index contributed by atoms with van der Waals surface area (Å²) in [6, 6.07) is 7.15. The average molecular weight is 513 g/mol. The van der Waals surface area contributed by atoms with Crippen molar-refractivity contribution >= 4 is 28.5 Å². The second-order valence-electron chi connectivity index (χ2n) is 10.8. The number of benzene rings is 1. The molecule has 1 unspecified atom stereocenters. The van der Waals surface area contributed by atoms with Gasteiger partial charge >= 0.3 is 0 Å². The maximum absolute atomic E-state index is 13.9. The quantitative estimate of drug-likeness (QED) is 0.608. The average Bonchev–Trinajstić information content (AvgIpc) is 3.46. The Labute approximate surface area is 213 Å². The molecule has 2 aliphatic carbocycles. The highest BCUT2D eigenvalue weighted by atomic mass is 19.3. The van der Waals surface area contributed by atoms with Crippen LogP contribution in [0.4, 0.5) is 8.78 Å². The van der Waals surface area contributed by atoms with Crippen molar-refractivity contribution in [2.24, 2.45) is 11.3 Å². The van der Waals surface area contributed by atoms with Gasteiger partial charge in [-0.25, -0.2) is 8.78 Å². The zero-order valence-electron chi connectivity index (χ0n) is 20.7. The molecule has 2 N–H and O–H groups in total. The summed E-state index contributed by atoms with van der Waals surface area (Å²) in [7, 11) is 1.52. The monoisotopic (exact) mass is 512 g/mol. The number of carbonyl (C=O) groups excluding carboxylic acids is 3. The smallest absolute Gasteiger partial charge is 0.271 e. The van der Waals surface area contributed by atoms with Crippen molar-refractivity contribution in [2.75, 3.05) is 13.7 Å². The Kier molecular flexibility index (Phi) is 6.42. The van der Waals surface area contributed by atoms with Gasteiger partial charge in [-0.1, -0.05) is 12.5 Å². The van der Waals surface area contributed by atoms with Gasteiger partial charge in [-0.05, 0) is 43.9 Å². The van der Waals surface area contributed by atoms with Crippen molar-refractivity contribution < 1.29 is 27.9 Å². The van der Waals surface area contributed by atoms with Gasteiger partial charge in [0.1, 0.15) is 29.3 Å². The molecule has 10 heteroatoms. The second-order valence-corrected chi connectivity index (χ2v) is 10.8. The molecule has 8 nitrogen and oxygen atoms in total. The van der Waals surface area contributed by atoms with Gasteiger partial charge in [-0.15, -0.1) is 0 Å². The number of fused-ring (bicyclic) bond motifs is 1. The normalized spacial score (nSPS) is 24.9. The molecule has 1 aromatic carbocycles. The third-order valence-corrected chi connectivity index (χ3v) is 8.09. The third kappa shape index (κ3) is 4.79. The van der Waals surface area contributed by atoms with Gasteiger partial charge < -0.3 is 19.9 Å². The van der Waals surface area contributed by atoms with Gasteiger partial charge in [0.25, 0.3) is 5.91 Å². The van der Waals surface area contributed by atoms with Crippen molar-refractivity contribution in [2.45, 2.75) is 69.4 Å². The fourth-order valence-corrected chi connectivity index (χ4v) is 6.38. The molecule has 0 radical (unpaired) electrons. The van der Waals surface area contributed by atoms with Crippen LogP contribution in [0.2, 0.25) is 0 Å². The summed E-state index contributed by atoms with van der Waals surface area (Å²) in [6.45, 7) is 0.0321. The summed E-state index contributed by atoms with van der Waals surface area (Å²) in [5.41, 5.74) is 0.0614. The van der Waals surface area contributed by atoms with E-state index in [-0.39, 0.29) is 49.6 Å². The fraction of sp³-hybridized carbons (Fsp3) is 0.556. The summed E-state index contributed by atoms with van der Waals surface area (Å²) < 4.78 is 33.2. The van der Waals surface area contributed by atoms with Gasteiger partial charge in [-0.3, -0.25) is 14.4 Å². The summed E-state index contributed by atoms with van der Waals surface area (Å²) in [5.74, 6) is -3.44. The highest BCUT2D eigenvalue weighted by Crippen LogP contribution is 2.58. The van der Waals surface area contributed by atoms with Gasteiger partial charge in [0.15, 0.2) is 0 Å². The number of ether oxygens (including phenoxy) is 1. The van der Waals surface area contributed by atoms with Crippen LogP contribution < -0.4 is 10.1 Å². The molecular formula is C27H30F2N4O4. The van der Waals surface area contributed by atoms with Crippen LogP contribution >= 0.6 is 0 Å². The van der Waals surface area contributed by atoms with Crippen LogP contribution in [0.25, 0.3) is 10.9 Å². The second kappa shape index (κ2) is 9.43. The van der Waals surface area contributed by atoms with Crippen LogP contribution in [0.5, 0.6) is 5.75 Å². The zero-order valence-corrected chi connectivity index (χ0v) is 20.7. The van der Waals surface area contributed by atoms with E-state index in [1.54, 1.807) is 24.3 Å². The summed E-state index contributed by atoms with van der Waals surface area (Å²) in [4.78, 5) is 43.6. The molecule has 5 rings (SSSR count). The summed E-state index contributed by atoms with van der Waals surface area (Å²) in [6.07, 6.45) is 2.45. The number of ketones is 1. The van der Waals surface area contributed by atoms with Crippen LogP contribution in [0.15, 0.2) is 24.3 Å². The highest BCUT2D eigenvalue weighted by molar-refractivity contribution is 6.02. The number of nitrogens with zero attached hydrogens (tertiary/aromatic N) is 2. The van der Waals surface area contributed by atoms with Crippen LogP contribution in [0.1, 0.15) is 61.9 Å². The number of hydrogen-bond donors (Lipinski definition) is 2. The number of methoxy groups -OCH3 is 1. The molecular weight excluding hydrogens is 482 g/mol. The van der Waals surface area contributed by atoms with Gasteiger partial charge in [0.05, 0.1) is 13.2 Å². The molecule has 1 aliphatic heterocycles. The molecule has 0 bridgehead atoms. The molecule has 1 aromatic heterocycles. The van der Waals surface area contributed by atoms with E-state index >= 15 is 0 Å². The topological polar surface area (TPSA) is 115 Å². The number of H-pyrrole nitrogens is 1. The Morgan fingerprint density at radius 3 is 2.78 bits per heavy atom. The van der Waals surface area contributed by atoms with Crippen LogP contribution in [0, 0.1) is 22.7 Å². The van der Waals surface area contributed by atoms with Crippen molar-refractivity contribution in [1.29, 1.82) is 5.26 Å².